The van der Waals surface area contributed by atoms with Gasteiger partial charge in [0.15, 0.2) is 5.78 Å². The third kappa shape index (κ3) is 3.31. The minimum Gasteiger partial charge on any atom is -0.369 e. The minimum absolute atomic E-state index is 0.0895. The normalized spacial score (nSPS) is 20.8. The molecular weight excluding hydrogens is 200 g/mol. The first-order valence-corrected chi connectivity index (χ1v) is 5.71. The van der Waals surface area contributed by atoms with Crippen LogP contribution in [0.4, 0.5) is 0 Å². The molecule has 0 saturated heterocycles. The molecule has 1 aliphatic carbocycles. The summed E-state index contributed by atoms with van der Waals surface area (Å²) in [7, 11) is 0. The van der Waals surface area contributed by atoms with Gasteiger partial charge in [0.25, 0.3) is 0 Å². The summed E-state index contributed by atoms with van der Waals surface area (Å²) in [5.41, 5.74) is 1.17. The van der Waals surface area contributed by atoms with Crippen LogP contribution < -0.4 is 0 Å². The number of benzene rings is 1. The molecule has 0 aliphatic heterocycles. The lowest BCUT2D eigenvalue weighted by atomic mass is 10.2. The van der Waals surface area contributed by atoms with Crippen molar-refractivity contribution in [1.82, 2.24) is 0 Å². The number of ether oxygens (including phenoxy) is 1. The van der Waals surface area contributed by atoms with E-state index in [2.05, 4.69) is 0 Å². The maximum Gasteiger partial charge on any atom is 0.155 e. The first-order valence-electron chi connectivity index (χ1n) is 5.71. The van der Waals surface area contributed by atoms with Gasteiger partial charge < -0.3 is 4.74 Å². The number of carbonyl (C=O) groups excluding carboxylic acids is 1. The highest BCUT2D eigenvalue weighted by atomic mass is 16.5. The molecule has 2 rings (SSSR count). The second-order valence-corrected chi connectivity index (χ2v) is 4.05. The molecule has 1 aromatic carbocycles. The van der Waals surface area contributed by atoms with Crippen molar-refractivity contribution in [1.29, 1.82) is 0 Å². The zero-order valence-corrected chi connectivity index (χ0v) is 9.26. The molecule has 1 atom stereocenters. The lowest BCUT2D eigenvalue weighted by Gasteiger charge is -2.12. The second kappa shape index (κ2) is 5.61. The van der Waals surface area contributed by atoms with Gasteiger partial charge in [-0.1, -0.05) is 36.4 Å². The Morgan fingerprint density at radius 2 is 2.06 bits per heavy atom. The van der Waals surface area contributed by atoms with Crippen LogP contribution in [0.25, 0.3) is 0 Å². The highest BCUT2D eigenvalue weighted by Gasteiger charge is 2.11. The van der Waals surface area contributed by atoms with Crippen LogP contribution in [0.5, 0.6) is 0 Å². The Balaban J connectivity index is 1.86. The van der Waals surface area contributed by atoms with Gasteiger partial charge in [-0.05, 0) is 24.5 Å². The number of rotatable bonds is 3. The summed E-state index contributed by atoms with van der Waals surface area (Å²) in [5.74, 6) is 0.214. The molecule has 0 spiro atoms. The van der Waals surface area contributed by atoms with Gasteiger partial charge in [-0.25, -0.2) is 0 Å². The Morgan fingerprint density at radius 3 is 2.88 bits per heavy atom. The van der Waals surface area contributed by atoms with E-state index in [0.29, 0.717) is 13.0 Å². The molecule has 2 nitrogen and oxygen atoms in total. The highest BCUT2D eigenvalue weighted by molar-refractivity contribution is 5.89. The Labute approximate surface area is 95.9 Å². The van der Waals surface area contributed by atoms with Crippen LogP contribution in [0.1, 0.15) is 24.8 Å². The number of carbonyl (C=O) groups is 1. The molecular formula is C14H16O2. The predicted octanol–water partition coefficient (Wildman–Crippen LogP) is 2.88. The Morgan fingerprint density at radius 1 is 1.25 bits per heavy atom. The molecule has 0 amide bonds. The Hall–Kier alpha value is -1.41. The van der Waals surface area contributed by atoms with Crippen molar-refractivity contribution in [2.75, 3.05) is 0 Å². The van der Waals surface area contributed by atoms with Crippen LogP contribution >= 0.6 is 0 Å². The summed E-state index contributed by atoms with van der Waals surface area (Å²) in [6.45, 7) is 0.615. The second-order valence-electron chi connectivity index (χ2n) is 4.05. The van der Waals surface area contributed by atoms with Crippen LogP contribution in [-0.4, -0.2) is 11.9 Å². The first kappa shape index (κ1) is 11.1. The molecule has 16 heavy (non-hydrogen) atoms. The lowest BCUT2D eigenvalue weighted by molar-refractivity contribution is -0.114. The fourth-order valence-electron chi connectivity index (χ4n) is 1.79. The molecule has 1 aliphatic rings. The van der Waals surface area contributed by atoms with E-state index in [0.717, 1.165) is 12.8 Å². The average molecular weight is 216 g/mol. The number of ketones is 1. The van der Waals surface area contributed by atoms with Gasteiger partial charge in [-0.15, -0.1) is 0 Å². The van der Waals surface area contributed by atoms with Crippen molar-refractivity contribution in [3.8, 4) is 0 Å². The summed E-state index contributed by atoms with van der Waals surface area (Å²) < 4.78 is 5.76. The van der Waals surface area contributed by atoms with Gasteiger partial charge in [-0.2, -0.15) is 0 Å². The van der Waals surface area contributed by atoms with Crippen molar-refractivity contribution >= 4 is 5.78 Å². The Bertz CT molecular complexity index is 368. The van der Waals surface area contributed by atoms with Crippen molar-refractivity contribution in [3.05, 3.63) is 48.0 Å². The summed E-state index contributed by atoms with van der Waals surface area (Å²) >= 11 is 0. The number of allylic oxidation sites excluding steroid dienone is 1. The molecule has 0 bridgehead atoms. The van der Waals surface area contributed by atoms with Crippen molar-refractivity contribution in [2.24, 2.45) is 0 Å². The summed E-state index contributed by atoms with van der Waals surface area (Å²) in [4.78, 5) is 11.2. The predicted molar refractivity (Wildman–Crippen MR) is 63.0 cm³/mol. The van der Waals surface area contributed by atoms with Crippen molar-refractivity contribution < 1.29 is 9.53 Å². The van der Waals surface area contributed by atoms with E-state index in [4.69, 9.17) is 4.74 Å². The monoisotopic (exact) mass is 216 g/mol. The third-order valence-corrected chi connectivity index (χ3v) is 2.72. The fraction of sp³-hybridized carbons (Fsp3) is 0.357. The van der Waals surface area contributed by atoms with Gasteiger partial charge in [0.2, 0.25) is 0 Å². The topological polar surface area (TPSA) is 26.3 Å². The molecule has 84 valence electrons. The van der Waals surface area contributed by atoms with E-state index in [1.54, 1.807) is 6.08 Å². The first-order chi connectivity index (χ1) is 7.84. The van der Waals surface area contributed by atoms with E-state index in [-0.39, 0.29) is 11.9 Å². The van der Waals surface area contributed by atoms with E-state index in [1.165, 1.54) is 5.56 Å². The smallest absolute Gasteiger partial charge is 0.155 e. The quantitative estimate of drug-likeness (QED) is 0.776. The molecule has 1 aromatic rings. The standard InChI is InChI=1S/C14H16O2/c15-13-7-4-8-14(10-9-13)16-11-12-5-2-1-3-6-12/h1-3,5-6,9-10,14H,4,7-8,11H2. The highest BCUT2D eigenvalue weighted by Crippen LogP contribution is 2.14. The van der Waals surface area contributed by atoms with E-state index < -0.39 is 0 Å². The lowest BCUT2D eigenvalue weighted by Crippen LogP contribution is -2.08. The number of hydrogen-bond donors (Lipinski definition) is 0. The van der Waals surface area contributed by atoms with E-state index in [1.807, 2.05) is 36.4 Å². The zero-order chi connectivity index (χ0) is 11.2. The summed E-state index contributed by atoms with van der Waals surface area (Å²) in [6, 6.07) is 10.1. The largest absolute Gasteiger partial charge is 0.369 e. The molecule has 0 heterocycles. The molecule has 0 radical (unpaired) electrons. The fourth-order valence-corrected chi connectivity index (χ4v) is 1.79. The summed E-state index contributed by atoms with van der Waals surface area (Å²) in [5, 5.41) is 0. The van der Waals surface area contributed by atoms with Crippen molar-refractivity contribution in [3.63, 3.8) is 0 Å². The van der Waals surface area contributed by atoms with Crippen LogP contribution in [0.3, 0.4) is 0 Å². The average Bonchev–Trinajstić information content (AvgIpc) is 2.53. The van der Waals surface area contributed by atoms with Crippen LogP contribution in [0.2, 0.25) is 0 Å². The summed E-state index contributed by atoms with van der Waals surface area (Å²) in [6.07, 6.45) is 6.15. The molecule has 2 heteroatoms. The SMILES string of the molecule is O=C1C=CC(OCc2ccccc2)CCC1. The van der Waals surface area contributed by atoms with Gasteiger partial charge in [-0.3, -0.25) is 4.79 Å². The van der Waals surface area contributed by atoms with Crippen LogP contribution in [0.15, 0.2) is 42.5 Å². The molecule has 0 saturated carbocycles. The van der Waals surface area contributed by atoms with Gasteiger partial charge in [0.1, 0.15) is 0 Å². The maximum atomic E-state index is 11.2. The van der Waals surface area contributed by atoms with E-state index in [9.17, 15) is 4.79 Å². The maximum absolute atomic E-state index is 11.2. The van der Waals surface area contributed by atoms with Crippen LogP contribution in [-0.2, 0) is 16.1 Å². The van der Waals surface area contributed by atoms with Gasteiger partial charge >= 0.3 is 0 Å². The zero-order valence-electron chi connectivity index (χ0n) is 9.26. The third-order valence-electron chi connectivity index (χ3n) is 2.72. The van der Waals surface area contributed by atoms with Gasteiger partial charge in [0, 0.05) is 6.42 Å². The molecule has 0 N–H and O–H groups in total. The minimum atomic E-state index is 0.0895. The van der Waals surface area contributed by atoms with Gasteiger partial charge in [0.05, 0.1) is 12.7 Å². The molecule has 0 fully saturated rings. The number of hydrogen-bond acceptors (Lipinski definition) is 2. The van der Waals surface area contributed by atoms with E-state index >= 15 is 0 Å². The molecule has 1 unspecified atom stereocenters. The Kier molecular flexibility index (Phi) is 3.89. The van der Waals surface area contributed by atoms with Crippen molar-refractivity contribution in [2.45, 2.75) is 32.0 Å². The molecule has 0 aromatic heterocycles. The van der Waals surface area contributed by atoms with Crippen LogP contribution in [0, 0.1) is 0 Å².